The summed E-state index contributed by atoms with van der Waals surface area (Å²) in [6, 6.07) is 0. The summed E-state index contributed by atoms with van der Waals surface area (Å²) in [6.07, 6.45) is -2.54. The van der Waals surface area contributed by atoms with Gasteiger partial charge in [0.25, 0.3) is 0 Å². The van der Waals surface area contributed by atoms with Crippen LogP contribution in [0.25, 0.3) is 0 Å². The van der Waals surface area contributed by atoms with E-state index in [-0.39, 0.29) is 18.3 Å². The van der Waals surface area contributed by atoms with Crippen LogP contribution in [0.4, 0.5) is 13.2 Å². The van der Waals surface area contributed by atoms with E-state index in [9.17, 15) is 18.0 Å². The summed E-state index contributed by atoms with van der Waals surface area (Å²) in [5.41, 5.74) is 1.20. The van der Waals surface area contributed by atoms with E-state index in [0.29, 0.717) is 24.2 Å². The molecule has 0 spiro atoms. The Labute approximate surface area is 106 Å². The van der Waals surface area contributed by atoms with E-state index in [4.69, 9.17) is 11.6 Å². The molecular weight excluding hydrogens is 271 g/mol. The van der Waals surface area contributed by atoms with Gasteiger partial charge in [-0.15, -0.1) is 11.6 Å². The molecule has 1 aliphatic heterocycles. The summed E-state index contributed by atoms with van der Waals surface area (Å²) < 4.78 is 37.9. The summed E-state index contributed by atoms with van der Waals surface area (Å²) in [6.45, 7) is -0.438. The second kappa shape index (κ2) is 4.79. The van der Waals surface area contributed by atoms with Gasteiger partial charge in [0, 0.05) is 30.8 Å². The van der Waals surface area contributed by atoms with Crippen LogP contribution in [0.2, 0.25) is 0 Å². The Morgan fingerprint density at radius 3 is 2.83 bits per heavy atom. The van der Waals surface area contributed by atoms with E-state index in [1.165, 1.54) is 11.1 Å². The van der Waals surface area contributed by atoms with Gasteiger partial charge >= 0.3 is 6.18 Å². The Bertz CT molecular complexity index is 458. The Morgan fingerprint density at radius 1 is 1.50 bits per heavy atom. The molecular formula is C10H11ClF3N3O. The second-order valence-corrected chi connectivity index (χ2v) is 4.36. The molecule has 1 aromatic heterocycles. The molecule has 8 heteroatoms. The average molecular weight is 282 g/mol. The van der Waals surface area contributed by atoms with Crippen molar-refractivity contribution >= 4 is 17.5 Å². The molecule has 0 aliphatic carbocycles. The van der Waals surface area contributed by atoms with Crippen molar-refractivity contribution in [3.05, 3.63) is 17.5 Å². The molecule has 0 atom stereocenters. The van der Waals surface area contributed by atoms with E-state index in [2.05, 4.69) is 5.10 Å². The van der Waals surface area contributed by atoms with Crippen molar-refractivity contribution in [1.82, 2.24) is 14.7 Å². The quantitative estimate of drug-likeness (QED) is 0.772. The van der Waals surface area contributed by atoms with Gasteiger partial charge in [0.1, 0.15) is 12.4 Å². The lowest BCUT2D eigenvalue weighted by Gasteiger charge is -2.27. The number of alkyl halides is 4. The number of hydrogen-bond acceptors (Lipinski definition) is 2. The number of carbonyl (C=O) groups is 1. The van der Waals surface area contributed by atoms with Crippen LogP contribution in [0, 0.1) is 0 Å². The van der Waals surface area contributed by atoms with Crippen LogP contribution in [0.15, 0.2) is 6.20 Å². The molecule has 2 heterocycles. The van der Waals surface area contributed by atoms with Crippen molar-refractivity contribution in [2.24, 2.45) is 0 Å². The molecule has 4 nitrogen and oxygen atoms in total. The molecule has 100 valence electrons. The van der Waals surface area contributed by atoms with Crippen LogP contribution < -0.4 is 0 Å². The van der Waals surface area contributed by atoms with Crippen molar-refractivity contribution in [1.29, 1.82) is 0 Å². The zero-order valence-electron chi connectivity index (χ0n) is 9.37. The first-order valence-corrected chi connectivity index (χ1v) is 5.88. The third-order valence-corrected chi connectivity index (χ3v) is 3.04. The highest BCUT2D eigenvalue weighted by Crippen LogP contribution is 2.23. The number of aromatic nitrogens is 2. The smallest absolute Gasteiger partial charge is 0.337 e. The molecule has 18 heavy (non-hydrogen) atoms. The zero-order valence-corrected chi connectivity index (χ0v) is 10.1. The molecule has 0 saturated heterocycles. The van der Waals surface area contributed by atoms with Gasteiger partial charge in [0.2, 0.25) is 5.91 Å². The molecule has 0 N–H and O–H groups in total. The first-order chi connectivity index (χ1) is 8.40. The maximum absolute atomic E-state index is 12.3. The number of nitrogens with zero attached hydrogens (tertiary/aromatic N) is 3. The summed E-state index contributed by atoms with van der Waals surface area (Å²) in [5.74, 6) is -0.336. The molecule has 1 aliphatic rings. The van der Waals surface area contributed by atoms with Crippen molar-refractivity contribution in [2.75, 3.05) is 12.4 Å². The fourth-order valence-electron chi connectivity index (χ4n) is 2.00. The molecule has 1 amide bonds. The second-order valence-electron chi connectivity index (χ2n) is 4.09. The number of amides is 1. The predicted molar refractivity (Wildman–Crippen MR) is 58.1 cm³/mol. The normalized spacial score (nSPS) is 15.7. The zero-order chi connectivity index (χ0) is 13.3. The van der Waals surface area contributed by atoms with Gasteiger partial charge in [-0.3, -0.25) is 9.48 Å². The lowest BCUT2D eigenvalue weighted by Crippen LogP contribution is -2.37. The number of rotatable bonds is 2. The van der Waals surface area contributed by atoms with E-state index in [1.807, 2.05) is 0 Å². The number of hydrogen-bond donors (Lipinski definition) is 0. The van der Waals surface area contributed by atoms with Crippen LogP contribution in [-0.4, -0.2) is 39.2 Å². The Balaban J connectivity index is 2.14. The van der Waals surface area contributed by atoms with Crippen LogP contribution in [-0.2, 0) is 24.3 Å². The average Bonchev–Trinajstić information content (AvgIpc) is 2.68. The first kappa shape index (κ1) is 13.2. The standard InChI is InChI=1S/C10H11ClF3N3O/c11-3-9(18)16-2-1-8-7(5-16)4-15-17(8)6-10(12,13)14/h4H,1-3,5-6H2. The maximum atomic E-state index is 12.3. The minimum atomic E-state index is -4.29. The minimum absolute atomic E-state index is 0.119. The Hall–Kier alpha value is -1.24. The largest absolute Gasteiger partial charge is 0.408 e. The minimum Gasteiger partial charge on any atom is -0.337 e. The summed E-state index contributed by atoms with van der Waals surface area (Å²) >= 11 is 5.44. The van der Waals surface area contributed by atoms with E-state index in [0.717, 1.165) is 4.68 Å². The van der Waals surface area contributed by atoms with Crippen LogP contribution in [0.1, 0.15) is 11.3 Å². The molecule has 0 bridgehead atoms. The highest BCUT2D eigenvalue weighted by atomic mass is 35.5. The van der Waals surface area contributed by atoms with E-state index < -0.39 is 12.7 Å². The number of carbonyl (C=O) groups excluding carboxylic acids is 1. The molecule has 0 saturated carbocycles. The summed E-state index contributed by atoms with van der Waals surface area (Å²) in [7, 11) is 0. The van der Waals surface area contributed by atoms with Gasteiger partial charge in [0.05, 0.1) is 6.20 Å². The van der Waals surface area contributed by atoms with Crippen molar-refractivity contribution < 1.29 is 18.0 Å². The first-order valence-electron chi connectivity index (χ1n) is 5.35. The molecule has 0 unspecified atom stereocenters. The summed E-state index contributed by atoms with van der Waals surface area (Å²) in [4.78, 5) is 12.9. The monoisotopic (exact) mass is 281 g/mol. The number of fused-ring (bicyclic) bond motifs is 1. The predicted octanol–water partition coefficient (Wildman–Crippen LogP) is 1.57. The van der Waals surface area contributed by atoms with Crippen molar-refractivity contribution in [3.8, 4) is 0 Å². The fraction of sp³-hybridized carbons (Fsp3) is 0.600. The van der Waals surface area contributed by atoms with Gasteiger partial charge in [-0.25, -0.2) is 0 Å². The molecule has 0 aromatic carbocycles. The van der Waals surface area contributed by atoms with Gasteiger partial charge in [0.15, 0.2) is 0 Å². The molecule has 2 rings (SSSR count). The SMILES string of the molecule is O=C(CCl)N1CCc2c(cnn2CC(F)(F)F)C1. The third kappa shape index (κ3) is 2.77. The van der Waals surface area contributed by atoms with Crippen molar-refractivity contribution in [2.45, 2.75) is 25.7 Å². The maximum Gasteiger partial charge on any atom is 0.408 e. The highest BCUT2D eigenvalue weighted by molar-refractivity contribution is 6.27. The highest BCUT2D eigenvalue weighted by Gasteiger charge is 2.31. The fourth-order valence-corrected chi connectivity index (χ4v) is 2.17. The molecule has 0 radical (unpaired) electrons. The molecule has 1 aromatic rings. The van der Waals surface area contributed by atoms with E-state index >= 15 is 0 Å². The lowest BCUT2D eigenvalue weighted by molar-refractivity contribution is -0.143. The Morgan fingerprint density at radius 2 is 2.22 bits per heavy atom. The van der Waals surface area contributed by atoms with E-state index in [1.54, 1.807) is 0 Å². The van der Waals surface area contributed by atoms with Gasteiger partial charge in [-0.2, -0.15) is 18.3 Å². The van der Waals surface area contributed by atoms with Crippen LogP contribution in [0.5, 0.6) is 0 Å². The topological polar surface area (TPSA) is 38.1 Å². The van der Waals surface area contributed by atoms with Gasteiger partial charge < -0.3 is 4.90 Å². The van der Waals surface area contributed by atoms with Gasteiger partial charge in [-0.05, 0) is 0 Å². The van der Waals surface area contributed by atoms with Crippen LogP contribution in [0.3, 0.4) is 0 Å². The Kier molecular flexibility index (Phi) is 3.52. The van der Waals surface area contributed by atoms with Gasteiger partial charge in [-0.1, -0.05) is 0 Å². The summed E-state index contributed by atoms with van der Waals surface area (Å²) in [5, 5.41) is 3.73. The number of halogens is 4. The van der Waals surface area contributed by atoms with Crippen molar-refractivity contribution in [3.63, 3.8) is 0 Å². The third-order valence-electron chi connectivity index (χ3n) is 2.81. The molecule has 0 fully saturated rings. The van der Waals surface area contributed by atoms with Crippen LogP contribution >= 0.6 is 11.6 Å². The lowest BCUT2D eigenvalue weighted by atomic mass is 10.1.